The Kier molecular flexibility index (Phi) is 21.0. The zero-order valence-corrected chi connectivity index (χ0v) is 23.1. The summed E-state index contributed by atoms with van der Waals surface area (Å²) in [6, 6.07) is 0. The monoisotopic (exact) mass is 482 g/mol. The molecule has 0 atom stereocenters. The summed E-state index contributed by atoms with van der Waals surface area (Å²) in [5.41, 5.74) is 0.655. The lowest BCUT2D eigenvalue weighted by Crippen LogP contribution is -2.21. The minimum atomic E-state index is -2.83. The molecule has 0 radical (unpaired) electrons. The molecule has 0 aliphatic heterocycles. The molecule has 0 aromatic carbocycles. The van der Waals surface area contributed by atoms with Crippen molar-refractivity contribution in [3.63, 3.8) is 0 Å². The van der Waals surface area contributed by atoms with E-state index in [9.17, 15) is 4.57 Å². The van der Waals surface area contributed by atoms with Gasteiger partial charge >= 0.3 is 0 Å². The van der Waals surface area contributed by atoms with Gasteiger partial charge in [0.1, 0.15) is 0 Å². The third-order valence-corrected chi connectivity index (χ3v) is 8.66. The van der Waals surface area contributed by atoms with Gasteiger partial charge in [-0.25, -0.2) is 0 Å². The van der Waals surface area contributed by atoms with Crippen LogP contribution in [0.2, 0.25) is 0 Å². The number of rotatable bonds is 23. The minimum Gasteiger partial charge on any atom is -0.289 e. The predicted molar refractivity (Wildman–Crippen MR) is 141 cm³/mol. The van der Waals surface area contributed by atoms with Gasteiger partial charge in [0.05, 0.1) is 0 Å². The van der Waals surface area contributed by atoms with E-state index in [0.29, 0.717) is 11.6 Å². The summed E-state index contributed by atoms with van der Waals surface area (Å²) in [7, 11) is 0. The molecule has 0 unspecified atom stereocenters. The highest BCUT2D eigenvalue weighted by atomic mass is 35.9. The van der Waals surface area contributed by atoms with Crippen molar-refractivity contribution in [2.45, 2.75) is 156 Å². The summed E-state index contributed by atoms with van der Waals surface area (Å²) >= 11 is 11.2. The van der Waals surface area contributed by atoms with E-state index < -0.39 is 5.85 Å². The van der Waals surface area contributed by atoms with Crippen LogP contribution in [0.1, 0.15) is 156 Å². The van der Waals surface area contributed by atoms with Crippen LogP contribution in [-0.2, 0) is 4.57 Å². The van der Waals surface area contributed by atoms with Crippen LogP contribution in [0, 0.1) is 5.41 Å². The van der Waals surface area contributed by atoms with Crippen LogP contribution >= 0.6 is 28.3 Å². The van der Waals surface area contributed by atoms with Crippen molar-refractivity contribution < 1.29 is 4.57 Å². The van der Waals surface area contributed by atoms with Crippen LogP contribution < -0.4 is 0 Å². The van der Waals surface area contributed by atoms with Crippen LogP contribution in [0.5, 0.6) is 0 Å². The van der Waals surface area contributed by atoms with Gasteiger partial charge in [-0.1, -0.05) is 124 Å². The van der Waals surface area contributed by atoms with E-state index in [2.05, 4.69) is 20.8 Å². The van der Waals surface area contributed by atoms with Crippen molar-refractivity contribution in [3.05, 3.63) is 0 Å². The molecule has 0 rings (SSSR count). The molecule has 0 aromatic rings. The summed E-state index contributed by atoms with van der Waals surface area (Å²) in [6.45, 7) is 7.05. The van der Waals surface area contributed by atoms with Gasteiger partial charge in [-0.3, -0.25) is 4.57 Å². The maximum absolute atomic E-state index is 11.2. The Morgan fingerprint density at radius 3 is 1.13 bits per heavy atom. The van der Waals surface area contributed by atoms with Crippen LogP contribution in [-0.4, -0.2) is 6.16 Å². The van der Waals surface area contributed by atoms with Crippen molar-refractivity contribution in [3.8, 4) is 0 Å². The van der Waals surface area contributed by atoms with Crippen molar-refractivity contribution in [2.75, 3.05) is 6.16 Å². The molecule has 0 bridgehead atoms. The van der Waals surface area contributed by atoms with E-state index in [-0.39, 0.29) is 0 Å². The molecule has 0 saturated carbocycles. The van der Waals surface area contributed by atoms with E-state index in [1.807, 2.05) is 0 Å². The highest BCUT2D eigenvalue weighted by Gasteiger charge is 2.27. The summed E-state index contributed by atoms with van der Waals surface area (Å²) in [6.07, 6.45) is 29.0. The number of unbranched alkanes of at least 4 members (excludes halogenated alkanes) is 13. The first kappa shape index (κ1) is 30.8. The predicted octanol–water partition coefficient (Wildman–Crippen LogP) is 11.9. The molecule has 182 valence electrons. The maximum atomic E-state index is 11.2. The fourth-order valence-corrected chi connectivity index (χ4v) is 6.10. The molecule has 0 amide bonds. The lowest BCUT2D eigenvalue weighted by molar-refractivity contribution is 0.175. The van der Waals surface area contributed by atoms with Crippen molar-refractivity contribution in [1.82, 2.24) is 0 Å². The van der Waals surface area contributed by atoms with Crippen molar-refractivity contribution >= 4 is 28.3 Å². The summed E-state index contributed by atoms with van der Waals surface area (Å²) in [4.78, 5) is 0. The molecule has 0 aliphatic rings. The largest absolute Gasteiger partial charge is 0.289 e. The highest BCUT2D eigenvalue weighted by molar-refractivity contribution is 8.08. The number of hydrogen-bond donors (Lipinski definition) is 0. The van der Waals surface area contributed by atoms with E-state index in [1.165, 1.54) is 122 Å². The van der Waals surface area contributed by atoms with Gasteiger partial charge in [0.25, 0.3) is 5.85 Å². The smallest absolute Gasteiger partial charge is 0.253 e. The van der Waals surface area contributed by atoms with Gasteiger partial charge in [-0.2, -0.15) is 0 Å². The molecule has 0 aliphatic carbocycles. The van der Waals surface area contributed by atoms with Crippen LogP contribution in [0.3, 0.4) is 0 Å². The number of halogens is 2. The zero-order valence-electron chi connectivity index (χ0n) is 20.7. The fraction of sp³-hybridized carbons (Fsp3) is 1.00. The molecule has 0 aromatic heterocycles. The van der Waals surface area contributed by atoms with Crippen LogP contribution in [0.15, 0.2) is 0 Å². The maximum Gasteiger partial charge on any atom is 0.253 e. The van der Waals surface area contributed by atoms with Gasteiger partial charge in [-0.15, -0.1) is 0 Å². The molecule has 30 heavy (non-hydrogen) atoms. The van der Waals surface area contributed by atoms with Gasteiger partial charge < -0.3 is 0 Å². The lowest BCUT2D eigenvalue weighted by atomic mass is 9.71. The van der Waals surface area contributed by atoms with Gasteiger partial charge in [0.2, 0.25) is 0 Å². The first-order valence-corrected chi connectivity index (χ1v) is 17.1. The minimum absolute atomic E-state index is 0.479. The molecule has 0 N–H and O–H groups in total. The summed E-state index contributed by atoms with van der Waals surface area (Å²) in [5.74, 6) is -2.83. The first-order valence-electron chi connectivity index (χ1n) is 13.4. The normalized spacial score (nSPS) is 12.6. The molecule has 0 saturated heterocycles. The van der Waals surface area contributed by atoms with Crippen molar-refractivity contribution in [1.29, 1.82) is 0 Å². The standard InChI is InChI=1S/C26H53Cl2OP/c1-4-7-21-26(22-8-5-2,23-9-6-3)24-19-17-15-13-11-10-12-14-16-18-20-25-30(27,28)29/h4-25H2,1-3H3. The zero-order chi connectivity index (χ0) is 22.6. The van der Waals surface area contributed by atoms with Crippen LogP contribution in [0.25, 0.3) is 0 Å². The Morgan fingerprint density at radius 1 is 0.500 bits per heavy atom. The van der Waals surface area contributed by atoms with E-state index in [0.717, 1.165) is 12.8 Å². The molecule has 0 heterocycles. The molecular formula is C26H53Cl2OP. The second-order valence-corrected chi connectivity index (χ2v) is 15.1. The second kappa shape index (κ2) is 20.4. The third-order valence-electron chi connectivity index (χ3n) is 6.81. The molecular weight excluding hydrogens is 430 g/mol. The lowest BCUT2D eigenvalue weighted by Gasteiger charge is -2.35. The molecule has 0 fully saturated rings. The molecule has 0 spiro atoms. The van der Waals surface area contributed by atoms with E-state index in [1.54, 1.807) is 0 Å². The second-order valence-electron chi connectivity index (χ2n) is 9.74. The highest BCUT2D eigenvalue weighted by Crippen LogP contribution is 2.57. The summed E-state index contributed by atoms with van der Waals surface area (Å²) < 4.78 is 11.2. The van der Waals surface area contributed by atoms with E-state index >= 15 is 0 Å². The number of hydrogen-bond acceptors (Lipinski definition) is 1. The van der Waals surface area contributed by atoms with Gasteiger partial charge in [-0.05, 0) is 60.0 Å². The van der Waals surface area contributed by atoms with Crippen LogP contribution in [0.4, 0.5) is 0 Å². The Balaban J connectivity index is 3.83. The first-order chi connectivity index (χ1) is 14.4. The molecule has 4 heteroatoms. The Labute approximate surface area is 199 Å². The Hall–Kier alpha value is 0.810. The summed E-state index contributed by atoms with van der Waals surface area (Å²) in [5, 5.41) is 0. The van der Waals surface area contributed by atoms with E-state index in [4.69, 9.17) is 22.5 Å². The topological polar surface area (TPSA) is 17.1 Å². The average molecular weight is 484 g/mol. The third kappa shape index (κ3) is 19.5. The molecule has 1 nitrogen and oxygen atoms in total. The fourth-order valence-electron chi connectivity index (χ4n) is 4.79. The van der Waals surface area contributed by atoms with Gasteiger partial charge in [0.15, 0.2) is 0 Å². The average Bonchev–Trinajstić information content (AvgIpc) is 2.71. The SMILES string of the molecule is CCCCC(CCCC)(CCCC)CCCCCCCCCCCCCP(=O)(Cl)Cl. The Morgan fingerprint density at radius 2 is 0.800 bits per heavy atom. The van der Waals surface area contributed by atoms with Gasteiger partial charge in [0, 0.05) is 6.16 Å². The quantitative estimate of drug-likeness (QED) is 0.104. The Bertz CT molecular complexity index is 386. The van der Waals surface area contributed by atoms with Crippen molar-refractivity contribution in [2.24, 2.45) is 5.41 Å².